The third kappa shape index (κ3) is 3.24. The number of benzene rings is 2. The number of halogens is 2. The molecular weight excluding hydrogens is 414 g/mol. The number of hydrogen-bond acceptors (Lipinski definition) is 2. The first-order valence-corrected chi connectivity index (χ1v) is 9.76. The molecule has 2 aromatic carbocycles. The van der Waals surface area contributed by atoms with Crippen molar-refractivity contribution in [2.75, 3.05) is 0 Å². The van der Waals surface area contributed by atoms with E-state index in [1.807, 2.05) is 48.5 Å². The normalized spacial score (nSPS) is 22.8. The van der Waals surface area contributed by atoms with Crippen molar-refractivity contribution in [3.63, 3.8) is 0 Å². The van der Waals surface area contributed by atoms with E-state index in [-0.39, 0.29) is 23.5 Å². The Morgan fingerprint density at radius 2 is 1.69 bits per heavy atom. The lowest BCUT2D eigenvalue weighted by molar-refractivity contribution is -0.122. The molecule has 0 unspecified atom stereocenters. The van der Waals surface area contributed by atoms with Crippen molar-refractivity contribution in [1.82, 2.24) is 5.32 Å². The molecule has 132 valence electrons. The summed E-state index contributed by atoms with van der Waals surface area (Å²) in [5.74, 6) is -0.112. The highest BCUT2D eigenvalue weighted by atomic mass is 79.9. The van der Waals surface area contributed by atoms with Crippen LogP contribution in [-0.4, -0.2) is 11.7 Å². The van der Waals surface area contributed by atoms with Gasteiger partial charge in [0.1, 0.15) is 0 Å². The molecule has 5 heteroatoms. The van der Waals surface area contributed by atoms with Crippen molar-refractivity contribution in [2.24, 2.45) is 0 Å². The monoisotopic (exact) mass is 429 g/mol. The molecule has 0 fully saturated rings. The van der Waals surface area contributed by atoms with E-state index >= 15 is 0 Å². The Morgan fingerprint density at radius 3 is 2.42 bits per heavy atom. The number of hydrogen-bond donors (Lipinski definition) is 1. The summed E-state index contributed by atoms with van der Waals surface area (Å²) in [6, 6.07) is 15.5. The lowest BCUT2D eigenvalue weighted by Crippen LogP contribution is -2.38. The Balaban J connectivity index is 1.73. The molecule has 4 rings (SSSR count). The fourth-order valence-electron chi connectivity index (χ4n) is 3.97. The largest absolute Gasteiger partial charge is 0.329 e. The summed E-state index contributed by atoms with van der Waals surface area (Å²) in [5, 5.41) is 3.61. The maximum Gasteiger partial charge on any atom is 0.225 e. The number of carbonyl (C=O) groups excluding carboxylic acids is 2. The maximum atomic E-state index is 13.0. The molecule has 1 aliphatic heterocycles. The van der Waals surface area contributed by atoms with Gasteiger partial charge >= 0.3 is 0 Å². The fraction of sp³-hybridized carbons (Fsp3) is 0.238. The van der Waals surface area contributed by atoms with Crippen LogP contribution in [0.15, 0.2) is 64.3 Å². The number of allylic oxidation sites excluding steroid dienone is 2. The highest BCUT2D eigenvalue weighted by molar-refractivity contribution is 9.10. The van der Waals surface area contributed by atoms with Crippen molar-refractivity contribution in [3.05, 3.63) is 80.4 Å². The topological polar surface area (TPSA) is 46.2 Å². The number of Topliss-reactive ketones (excluding diaryl/α,β-unsaturated/α-hetero) is 1. The van der Waals surface area contributed by atoms with Gasteiger partial charge in [-0.25, -0.2) is 0 Å². The molecule has 0 bridgehead atoms. The van der Waals surface area contributed by atoms with E-state index in [0.29, 0.717) is 24.3 Å². The van der Waals surface area contributed by atoms with E-state index in [9.17, 15) is 9.59 Å². The van der Waals surface area contributed by atoms with E-state index in [0.717, 1.165) is 26.9 Å². The van der Waals surface area contributed by atoms with Crippen LogP contribution in [0.5, 0.6) is 0 Å². The van der Waals surface area contributed by atoms with Crippen molar-refractivity contribution in [1.29, 1.82) is 0 Å². The highest BCUT2D eigenvalue weighted by Crippen LogP contribution is 2.43. The Hall–Kier alpha value is -1.91. The molecule has 3 nitrogen and oxygen atoms in total. The Bertz CT molecular complexity index is 920. The minimum atomic E-state index is -0.174. The first kappa shape index (κ1) is 17.5. The summed E-state index contributed by atoms with van der Waals surface area (Å²) in [4.78, 5) is 25.3. The fourth-order valence-corrected chi connectivity index (χ4v) is 4.52. The van der Waals surface area contributed by atoms with E-state index in [4.69, 9.17) is 11.6 Å². The standard InChI is InChI=1S/C21H17BrClNO2/c22-14-7-5-12(6-8-14)16-11-20(26)24-18-9-13(10-19(25)21(16)18)15-3-1-2-4-17(15)23/h1-8,13,16H,9-11H2,(H,24,26)/t13-,16-/m0/s1. The van der Waals surface area contributed by atoms with Crippen molar-refractivity contribution in [3.8, 4) is 0 Å². The van der Waals surface area contributed by atoms with Crippen molar-refractivity contribution < 1.29 is 9.59 Å². The van der Waals surface area contributed by atoms with Gasteiger partial charge in [-0.2, -0.15) is 0 Å². The molecule has 0 aromatic heterocycles. The second-order valence-electron chi connectivity index (χ2n) is 6.80. The molecule has 0 saturated heterocycles. The van der Waals surface area contributed by atoms with Crippen LogP contribution in [0.3, 0.4) is 0 Å². The first-order chi connectivity index (χ1) is 12.5. The van der Waals surface area contributed by atoms with Gasteiger partial charge < -0.3 is 5.32 Å². The zero-order valence-electron chi connectivity index (χ0n) is 14.0. The second kappa shape index (κ2) is 7.01. The van der Waals surface area contributed by atoms with Crippen LogP contribution in [0.1, 0.15) is 42.2 Å². The summed E-state index contributed by atoms with van der Waals surface area (Å²) in [7, 11) is 0. The van der Waals surface area contributed by atoms with Crippen LogP contribution < -0.4 is 5.32 Å². The van der Waals surface area contributed by atoms with Gasteiger partial charge in [-0.05, 0) is 41.7 Å². The molecule has 1 amide bonds. The van der Waals surface area contributed by atoms with Crippen LogP contribution >= 0.6 is 27.5 Å². The molecule has 1 aliphatic carbocycles. The summed E-state index contributed by atoms with van der Waals surface area (Å²) in [5.41, 5.74) is 3.49. The van der Waals surface area contributed by atoms with Gasteiger partial charge in [0.05, 0.1) is 0 Å². The molecule has 26 heavy (non-hydrogen) atoms. The lowest BCUT2D eigenvalue weighted by Gasteiger charge is -2.34. The molecule has 1 heterocycles. The SMILES string of the molecule is O=C1C[C@@H](c2ccc(Br)cc2)C2=C(C[C@H](c3ccccc3Cl)CC2=O)N1. The quantitative estimate of drug-likeness (QED) is 0.720. The summed E-state index contributed by atoms with van der Waals surface area (Å²) in [6.45, 7) is 0. The van der Waals surface area contributed by atoms with E-state index in [1.165, 1.54) is 0 Å². The zero-order valence-corrected chi connectivity index (χ0v) is 16.3. The van der Waals surface area contributed by atoms with Crippen LogP contribution in [0, 0.1) is 0 Å². The minimum Gasteiger partial charge on any atom is -0.329 e. The van der Waals surface area contributed by atoms with E-state index < -0.39 is 0 Å². The third-order valence-electron chi connectivity index (χ3n) is 5.15. The number of rotatable bonds is 2. The average Bonchev–Trinajstić information content (AvgIpc) is 2.61. The second-order valence-corrected chi connectivity index (χ2v) is 8.12. The van der Waals surface area contributed by atoms with E-state index in [2.05, 4.69) is 21.2 Å². The van der Waals surface area contributed by atoms with Gasteiger partial charge in [-0.3, -0.25) is 9.59 Å². The van der Waals surface area contributed by atoms with Crippen LogP contribution in [-0.2, 0) is 9.59 Å². The predicted octanol–water partition coefficient (Wildman–Crippen LogP) is 5.11. The molecule has 0 radical (unpaired) electrons. The maximum absolute atomic E-state index is 13.0. The minimum absolute atomic E-state index is 0.00100. The van der Waals surface area contributed by atoms with Gasteiger partial charge in [0.25, 0.3) is 0 Å². The van der Waals surface area contributed by atoms with Crippen LogP contribution in [0.4, 0.5) is 0 Å². The van der Waals surface area contributed by atoms with Gasteiger partial charge in [0.15, 0.2) is 5.78 Å². The Labute approximate surface area is 165 Å². The van der Waals surface area contributed by atoms with Gasteiger partial charge in [-0.15, -0.1) is 0 Å². The molecule has 1 N–H and O–H groups in total. The highest BCUT2D eigenvalue weighted by Gasteiger charge is 2.38. The molecule has 2 atom stereocenters. The van der Waals surface area contributed by atoms with Crippen molar-refractivity contribution >= 4 is 39.2 Å². The Morgan fingerprint density at radius 1 is 0.962 bits per heavy atom. The summed E-state index contributed by atoms with van der Waals surface area (Å²) in [6.07, 6.45) is 1.36. The molecule has 0 saturated carbocycles. The van der Waals surface area contributed by atoms with Crippen LogP contribution in [0.25, 0.3) is 0 Å². The lowest BCUT2D eigenvalue weighted by atomic mass is 9.73. The number of carbonyl (C=O) groups is 2. The van der Waals surface area contributed by atoms with Gasteiger partial charge in [-0.1, -0.05) is 57.9 Å². The molecular formula is C21H17BrClNO2. The molecule has 0 spiro atoms. The number of amides is 1. The van der Waals surface area contributed by atoms with E-state index in [1.54, 1.807) is 0 Å². The first-order valence-electron chi connectivity index (χ1n) is 8.59. The number of nitrogens with one attached hydrogen (secondary N) is 1. The predicted molar refractivity (Wildman–Crippen MR) is 105 cm³/mol. The van der Waals surface area contributed by atoms with Gasteiger partial charge in [0, 0.05) is 39.5 Å². The van der Waals surface area contributed by atoms with Crippen molar-refractivity contribution in [2.45, 2.75) is 31.1 Å². The third-order valence-corrected chi connectivity index (χ3v) is 6.03. The molecule has 2 aromatic rings. The summed E-state index contributed by atoms with van der Waals surface area (Å²) >= 11 is 9.76. The Kier molecular flexibility index (Phi) is 4.72. The summed E-state index contributed by atoms with van der Waals surface area (Å²) < 4.78 is 0.976. The zero-order chi connectivity index (χ0) is 18.3. The number of ketones is 1. The average molecular weight is 431 g/mol. The van der Waals surface area contributed by atoms with Crippen LogP contribution in [0.2, 0.25) is 5.02 Å². The smallest absolute Gasteiger partial charge is 0.225 e. The van der Waals surface area contributed by atoms with Gasteiger partial charge in [0.2, 0.25) is 5.91 Å². The molecule has 2 aliphatic rings.